The van der Waals surface area contributed by atoms with Gasteiger partial charge in [0.2, 0.25) is 5.66 Å². The lowest BCUT2D eigenvalue weighted by atomic mass is 9.83. The van der Waals surface area contributed by atoms with Crippen LogP contribution >= 0.6 is 0 Å². The van der Waals surface area contributed by atoms with Crippen molar-refractivity contribution in [1.82, 2.24) is 4.90 Å². The molecule has 0 fully saturated rings. The molecule has 2 aliphatic rings. The number of carbonyl (C=O) groups is 2. The van der Waals surface area contributed by atoms with Crippen molar-refractivity contribution in [1.29, 1.82) is 0 Å². The third kappa shape index (κ3) is 2.94. The Kier molecular flexibility index (Phi) is 3.98. The molecule has 1 atom stereocenters. The maximum Gasteiger partial charge on any atom is 0.406 e. The molecule has 0 radical (unpaired) electrons. The lowest BCUT2D eigenvalue weighted by Crippen LogP contribution is -2.63. The van der Waals surface area contributed by atoms with Crippen LogP contribution in [0.5, 0.6) is 0 Å². The lowest BCUT2D eigenvalue weighted by molar-refractivity contribution is -0.155. The number of nitrogens with zero attached hydrogens (tertiary/aromatic N) is 1. The van der Waals surface area contributed by atoms with E-state index in [1.165, 1.54) is 6.07 Å². The highest BCUT2D eigenvalue weighted by molar-refractivity contribution is 6.14. The topological polar surface area (TPSA) is 61.4 Å². The number of rotatable bonds is 1. The standard InChI is InChI=1S/C21H20F3N3O2/c1-19(2,3)12-8-9-16-14(10-12)21(18(29)25-16)26-15-7-5-4-6-13(15)17(28)27(21)11-20(22,23)24/h4-10,26H,11H2,1-3H3,(H,25,29)/t21-/m1/s1. The summed E-state index contributed by atoms with van der Waals surface area (Å²) in [5, 5.41) is 5.59. The predicted molar refractivity (Wildman–Crippen MR) is 103 cm³/mol. The number of amides is 2. The summed E-state index contributed by atoms with van der Waals surface area (Å²) >= 11 is 0. The highest BCUT2D eigenvalue weighted by Crippen LogP contribution is 2.47. The zero-order chi connectivity index (χ0) is 21.2. The number of carbonyl (C=O) groups excluding carboxylic acids is 2. The van der Waals surface area contributed by atoms with Crippen LogP contribution in [-0.4, -0.2) is 29.4 Å². The first-order valence-electron chi connectivity index (χ1n) is 9.16. The summed E-state index contributed by atoms with van der Waals surface area (Å²) in [7, 11) is 0. The van der Waals surface area contributed by atoms with Gasteiger partial charge in [-0.25, -0.2) is 0 Å². The van der Waals surface area contributed by atoms with Crippen LogP contribution in [-0.2, 0) is 15.9 Å². The van der Waals surface area contributed by atoms with Crippen LogP contribution in [0.4, 0.5) is 24.5 Å². The van der Waals surface area contributed by atoms with Gasteiger partial charge in [0.1, 0.15) is 6.54 Å². The zero-order valence-electron chi connectivity index (χ0n) is 16.1. The van der Waals surface area contributed by atoms with E-state index in [1.807, 2.05) is 26.8 Å². The minimum atomic E-state index is -4.68. The first kappa shape index (κ1) is 19.3. The Morgan fingerprint density at radius 1 is 1.00 bits per heavy atom. The molecule has 0 aromatic heterocycles. The fraction of sp³-hybridized carbons (Fsp3) is 0.333. The molecular formula is C21H20F3N3O2. The molecule has 4 rings (SSSR count). The number of hydrogen-bond donors (Lipinski definition) is 2. The molecule has 2 N–H and O–H groups in total. The van der Waals surface area contributed by atoms with Gasteiger partial charge in [0.05, 0.1) is 5.56 Å². The van der Waals surface area contributed by atoms with E-state index < -0.39 is 30.2 Å². The fourth-order valence-corrected chi connectivity index (χ4v) is 3.85. The highest BCUT2D eigenvalue weighted by atomic mass is 19.4. The average Bonchev–Trinajstić information content (AvgIpc) is 2.89. The second-order valence-corrected chi connectivity index (χ2v) is 8.35. The number of anilines is 2. The summed E-state index contributed by atoms with van der Waals surface area (Å²) in [6.07, 6.45) is -4.68. The van der Waals surface area contributed by atoms with Gasteiger partial charge in [-0.15, -0.1) is 0 Å². The molecular weight excluding hydrogens is 383 g/mol. The van der Waals surface area contributed by atoms with Gasteiger partial charge in [-0.1, -0.05) is 39.0 Å². The third-order valence-electron chi connectivity index (χ3n) is 5.31. The molecule has 0 saturated heterocycles. The Morgan fingerprint density at radius 3 is 2.34 bits per heavy atom. The van der Waals surface area contributed by atoms with E-state index in [4.69, 9.17) is 0 Å². The van der Waals surface area contributed by atoms with Crippen LogP contribution in [0.1, 0.15) is 42.3 Å². The molecule has 2 amide bonds. The molecule has 5 nitrogen and oxygen atoms in total. The summed E-state index contributed by atoms with van der Waals surface area (Å²) in [6, 6.07) is 11.4. The number of halogens is 3. The summed E-state index contributed by atoms with van der Waals surface area (Å²) in [6.45, 7) is 4.34. The van der Waals surface area contributed by atoms with Crippen molar-refractivity contribution in [2.24, 2.45) is 0 Å². The minimum Gasteiger partial charge on any atom is -0.350 e. The van der Waals surface area contributed by atoms with Crippen LogP contribution in [0.2, 0.25) is 0 Å². The largest absolute Gasteiger partial charge is 0.406 e. The van der Waals surface area contributed by atoms with Gasteiger partial charge in [-0.2, -0.15) is 13.2 Å². The minimum absolute atomic E-state index is 0.0931. The average molecular weight is 403 g/mol. The van der Waals surface area contributed by atoms with Gasteiger partial charge < -0.3 is 10.6 Å². The Hall–Kier alpha value is -3.03. The van der Waals surface area contributed by atoms with E-state index in [-0.39, 0.29) is 11.0 Å². The fourth-order valence-electron chi connectivity index (χ4n) is 3.85. The number of hydrogen-bond acceptors (Lipinski definition) is 3. The summed E-state index contributed by atoms with van der Waals surface area (Å²) in [5.74, 6) is -1.56. The van der Waals surface area contributed by atoms with Gasteiger partial charge in [-0.05, 0) is 35.2 Å². The monoisotopic (exact) mass is 403 g/mol. The maximum atomic E-state index is 13.4. The van der Waals surface area contributed by atoms with Crippen molar-refractivity contribution in [2.45, 2.75) is 38.0 Å². The third-order valence-corrected chi connectivity index (χ3v) is 5.31. The van der Waals surface area contributed by atoms with Gasteiger partial charge in [0.25, 0.3) is 11.8 Å². The maximum absolute atomic E-state index is 13.4. The molecule has 29 heavy (non-hydrogen) atoms. The van der Waals surface area contributed by atoms with Crippen molar-refractivity contribution in [2.75, 3.05) is 17.2 Å². The molecule has 0 saturated carbocycles. The van der Waals surface area contributed by atoms with Crippen LogP contribution in [0.3, 0.4) is 0 Å². The Labute approximate surface area is 165 Å². The highest BCUT2D eigenvalue weighted by Gasteiger charge is 2.58. The molecule has 2 aromatic rings. The molecule has 2 aromatic carbocycles. The van der Waals surface area contributed by atoms with Gasteiger partial charge in [-0.3, -0.25) is 14.5 Å². The number of nitrogens with one attached hydrogen (secondary N) is 2. The zero-order valence-corrected chi connectivity index (χ0v) is 16.1. The first-order valence-corrected chi connectivity index (χ1v) is 9.16. The van der Waals surface area contributed by atoms with Crippen molar-refractivity contribution >= 4 is 23.2 Å². The predicted octanol–water partition coefficient (Wildman–Crippen LogP) is 4.22. The summed E-state index contributed by atoms with van der Waals surface area (Å²) in [5.41, 5.74) is -0.329. The van der Waals surface area contributed by atoms with E-state index in [9.17, 15) is 22.8 Å². The smallest absolute Gasteiger partial charge is 0.350 e. The second kappa shape index (κ2) is 5.98. The van der Waals surface area contributed by atoms with E-state index in [2.05, 4.69) is 10.6 Å². The van der Waals surface area contributed by atoms with Crippen molar-refractivity contribution < 1.29 is 22.8 Å². The quantitative estimate of drug-likeness (QED) is 0.750. The van der Waals surface area contributed by atoms with Crippen molar-refractivity contribution in [3.8, 4) is 0 Å². The number of fused-ring (bicyclic) bond motifs is 3. The number of benzene rings is 2. The SMILES string of the molecule is CC(C)(C)c1ccc2c(c1)[C@]1(Nc3ccccc3C(=O)N1CC(F)(F)F)C(=O)N2. The second-order valence-electron chi connectivity index (χ2n) is 8.35. The molecule has 0 aliphatic carbocycles. The lowest BCUT2D eigenvalue weighted by Gasteiger charge is -2.45. The first-order chi connectivity index (χ1) is 13.4. The van der Waals surface area contributed by atoms with E-state index in [1.54, 1.807) is 30.3 Å². The van der Waals surface area contributed by atoms with Crippen LogP contribution < -0.4 is 10.6 Å². The summed E-state index contributed by atoms with van der Waals surface area (Å²) in [4.78, 5) is 26.8. The van der Waals surface area contributed by atoms with E-state index in [0.717, 1.165) is 5.56 Å². The molecule has 0 unspecified atom stereocenters. The molecule has 152 valence electrons. The Morgan fingerprint density at radius 2 is 1.69 bits per heavy atom. The van der Waals surface area contributed by atoms with Gasteiger partial charge >= 0.3 is 6.18 Å². The Balaban J connectivity index is 1.97. The van der Waals surface area contributed by atoms with E-state index in [0.29, 0.717) is 21.8 Å². The number of alkyl halides is 3. The number of para-hydroxylation sites is 1. The normalized spacial score (nSPS) is 21.0. The molecule has 8 heteroatoms. The molecule has 1 spiro atoms. The molecule has 2 aliphatic heterocycles. The van der Waals surface area contributed by atoms with Crippen LogP contribution in [0.25, 0.3) is 0 Å². The van der Waals surface area contributed by atoms with Crippen molar-refractivity contribution in [3.63, 3.8) is 0 Å². The van der Waals surface area contributed by atoms with Crippen molar-refractivity contribution in [3.05, 3.63) is 59.2 Å². The Bertz CT molecular complexity index is 1030. The van der Waals surface area contributed by atoms with Gasteiger partial charge in [0.15, 0.2) is 0 Å². The summed E-state index contributed by atoms with van der Waals surface area (Å²) < 4.78 is 40.3. The molecule has 2 heterocycles. The van der Waals surface area contributed by atoms with E-state index >= 15 is 0 Å². The van der Waals surface area contributed by atoms with Gasteiger partial charge in [0, 0.05) is 16.9 Å². The van der Waals surface area contributed by atoms with Crippen LogP contribution in [0, 0.1) is 0 Å². The molecule has 0 bridgehead atoms. The van der Waals surface area contributed by atoms with Crippen LogP contribution in [0.15, 0.2) is 42.5 Å².